The van der Waals surface area contributed by atoms with Crippen molar-refractivity contribution in [2.75, 3.05) is 10.7 Å². The third kappa shape index (κ3) is 3.46. The molecule has 21 heavy (non-hydrogen) atoms. The Balaban J connectivity index is 2.32. The molecule has 0 aromatic heterocycles. The zero-order valence-electron chi connectivity index (χ0n) is 11.8. The summed E-state index contributed by atoms with van der Waals surface area (Å²) < 4.78 is 20.0. The molecule has 2 aromatic rings. The van der Waals surface area contributed by atoms with Gasteiger partial charge in [0.05, 0.1) is 22.0 Å². The number of hydrazine groups is 1. The Morgan fingerprint density at radius 1 is 1.14 bits per heavy atom. The van der Waals surface area contributed by atoms with E-state index in [1.54, 1.807) is 36.4 Å². The number of rotatable bonds is 4. The number of hydrogen-bond acceptors (Lipinski definition) is 4. The molecular weight excluding hydrogens is 337 g/mol. The van der Waals surface area contributed by atoms with Crippen LogP contribution in [-0.2, 0) is 0 Å². The van der Waals surface area contributed by atoms with Gasteiger partial charge in [0.1, 0.15) is 11.4 Å². The van der Waals surface area contributed by atoms with Gasteiger partial charge in [-0.2, -0.15) is 0 Å². The predicted octanol–water partition coefficient (Wildman–Crippen LogP) is 3.97. The van der Waals surface area contributed by atoms with Gasteiger partial charge in [-0.25, -0.2) is 10.2 Å². The Morgan fingerprint density at radius 2 is 1.76 bits per heavy atom. The fourth-order valence-corrected chi connectivity index (χ4v) is 2.21. The Labute approximate surface area is 131 Å². The van der Waals surface area contributed by atoms with E-state index in [0.29, 0.717) is 10.2 Å². The van der Waals surface area contributed by atoms with Crippen LogP contribution in [0.5, 0.6) is 5.75 Å². The second-order valence-electron chi connectivity index (χ2n) is 4.83. The van der Waals surface area contributed by atoms with Gasteiger partial charge in [-0.3, -0.25) is 5.01 Å². The molecule has 0 aliphatic carbocycles. The van der Waals surface area contributed by atoms with Gasteiger partial charge in [-0.05, 0) is 66.2 Å². The second-order valence-corrected chi connectivity index (χ2v) is 5.68. The molecule has 0 heterocycles. The summed E-state index contributed by atoms with van der Waals surface area (Å²) in [6, 6.07) is 10.2. The molecule has 2 aromatic carbocycles. The molecule has 0 radical (unpaired) electrons. The molecule has 4 N–H and O–H groups in total. The minimum absolute atomic E-state index is 0.0861. The number of ether oxygens (including phenoxy) is 1. The zero-order chi connectivity index (χ0) is 15.6. The first-order chi connectivity index (χ1) is 9.90. The highest BCUT2D eigenvalue weighted by molar-refractivity contribution is 9.10. The largest absolute Gasteiger partial charge is 0.491 e. The first kappa shape index (κ1) is 15.6. The monoisotopic (exact) mass is 353 g/mol. The minimum Gasteiger partial charge on any atom is -0.491 e. The minimum atomic E-state index is -0.500. The van der Waals surface area contributed by atoms with Crippen molar-refractivity contribution in [3.05, 3.63) is 46.7 Å². The molecule has 0 unspecified atom stereocenters. The molecule has 4 nitrogen and oxygen atoms in total. The highest BCUT2D eigenvalue weighted by Gasteiger charge is 2.16. The Bertz CT molecular complexity index is 632. The van der Waals surface area contributed by atoms with E-state index in [1.165, 1.54) is 5.01 Å². The Hall–Kier alpha value is -1.79. The molecular formula is C15H17BrFN3O. The van der Waals surface area contributed by atoms with E-state index in [0.717, 1.165) is 5.75 Å². The topological polar surface area (TPSA) is 64.5 Å². The SMILES string of the molecule is CC(C)Oc1ccc(N(N)c2c(N)ccc(Br)c2F)cc1. The van der Waals surface area contributed by atoms with Gasteiger partial charge in [0.25, 0.3) is 0 Å². The first-order valence-electron chi connectivity index (χ1n) is 6.45. The van der Waals surface area contributed by atoms with Crippen LogP contribution in [0.3, 0.4) is 0 Å². The number of nitrogen functional groups attached to an aromatic ring is 1. The lowest BCUT2D eigenvalue weighted by molar-refractivity contribution is 0.242. The zero-order valence-corrected chi connectivity index (χ0v) is 13.4. The van der Waals surface area contributed by atoms with E-state index in [9.17, 15) is 4.39 Å². The number of nitrogens with two attached hydrogens (primary N) is 2. The van der Waals surface area contributed by atoms with Crippen molar-refractivity contribution in [2.45, 2.75) is 20.0 Å². The summed E-state index contributed by atoms with van der Waals surface area (Å²) in [4.78, 5) is 0. The van der Waals surface area contributed by atoms with Crippen molar-refractivity contribution in [1.82, 2.24) is 0 Å². The van der Waals surface area contributed by atoms with Crippen molar-refractivity contribution >= 4 is 33.0 Å². The summed E-state index contributed by atoms with van der Waals surface area (Å²) in [6.45, 7) is 3.89. The smallest absolute Gasteiger partial charge is 0.164 e. The van der Waals surface area contributed by atoms with Crippen LogP contribution in [0.2, 0.25) is 0 Å². The van der Waals surface area contributed by atoms with Crippen LogP contribution in [0, 0.1) is 5.82 Å². The molecule has 0 atom stereocenters. The molecule has 2 rings (SSSR count). The molecule has 0 spiro atoms. The van der Waals surface area contributed by atoms with Crippen molar-refractivity contribution in [2.24, 2.45) is 5.84 Å². The van der Waals surface area contributed by atoms with E-state index in [4.69, 9.17) is 16.3 Å². The van der Waals surface area contributed by atoms with E-state index in [-0.39, 0.29) is 17.5 Å². The van der Waals surface area contributed by atoms with Gasteiger partial charge in [0.2, 0.25) is 0 Å². The quantitative estimate of drug-likeness (QED) is 0.495. The summed E-state index contributed by atoms with van der Waals surface area (Å²) >= 11 is 3.13. The van der Waals surface area contributed by atoms with Gasteiger partial charge in [0, 0.05) is 0 Å². The third-order valence-electron chi connectivity index (χ3n) is 2.83. The van der Waals surface area contributed by atoms with Gasteiger partial charge in [-0.1, -0.05) is 0 Å². The lowest BCUT2D eigenvalue weighted by Gasteiger charge is -2.22. The van der Waals surface area contributed by atoms with E-state index in [2.05, 4.69) is 15.9 Å². The van der Waals surface area contributed by atoms with Crippen LogP contribution in [0.4, 0.5) is 21.5 Å². The number of anilines is 3. The van der Waals surface area contributed by atoms with Crippen LogP contribution >= 0.6 is 15.9 Å². The maximum atomic E-state index is 14.2. The summed E-state index contributed by atoms with van der Waals surface area (Å²) in [6.07, 6.45) is 0.0861. The van der Waals surface area contributed by atoms with E-state index >= 15 is 0 Å². The summed E-state index contributed by atoms with van der Waals surface area (Å²) in [5.74, 6) is 6.22. The fraction of sp³-hybridized carbons (Fsp3) is 0.200. The van der Waals surface area contributed by atoms with Crippen molar-refractivity contribution in [3.8, 4) is 5.75 Å². The molecule has 0 bridgehead atoms. The van der Waals surface area contributed by atoms with E-state index in [1.807, 2.05) is 13.8 Å². The van der Waals surface area contributed by atoms with Crippen molar-refractivity contribution in [3.63, 3.8) is 0 Å². The first-order valence-corrected chi connectivity index (χ1v) is 7.24. The molecule has 0 aliphatic heterocycles. The van der Waals surface area contributed by atoms with E-state index < -0.39 is 5.82 Å². The highest BCUT2D eigenvalue weighted by atomic mass is 79.9. The average molecular weight is 354 g/mol. The lowest BCUT2D eigenvalue weighted by Crippen LogP contribution is -2.27. The maximum Gasteiger partial charge on any atom is 0.164 e. The normalized spacial score (nSPS) is 10.8. The van der Waals surface area contributed by atoms with Crippen molar-refractivity contribution < 1.29 is 9.13 Å². The number of nitrogens with zero attached hydrogens (tertiary/aromatic N) is 1. The molecule has 0 aliphatic rings. The molecule has 0 saturated carbocycles. The van der Waals surface area contributed by atoms with Crippen LogP contribution in [-0.4, -0.2) is 6.10 Å². The third-order valence-corrected chi connectivity index (χ3v) is 3.44. The van der Waals surface area contributed by atoms with Crippen molar-refractivity contribution in [1.29, 1.82) is 0 Å². The Kier molecular flexibility index (Phi) is 4.69. The van der Waals surface area contributed by atoms with Crippen LogP contribution < -0.4 is 21.3 Å². The molecule has 112 valence electrons. The molecule has 0 fully saturated rings. The average Bonchev–Trinajstić information content (AvgIpc) is 2.43. The van der Waals surface area contributed by atoms with Crippen LogP contribution in [0.25, 0.3) is 0 Å². The summed E-state index contributed by atoms with van der Waals surface area (Å²) in [5, 5.41) is 1.22. The van der Waals surface area contributed by atoms with Gasteiger partial charge in [-0.15, -0.1) is 0 Å². The van der Waals surface area contributed by atoms with Gasteiger partial charge >= 0.3 is 0 Å². The molecule has 6 heteroatoms. The molecule has 0 saturated heterocycles. The number of benzene rings is 2. The lowest BCUT2D eigenvalue weighted by atomic mass is 10.2. The summed E-state index contributed by atoms with van der Waals surface area (Å²) in [5.41, 5.74) is 6.81. The summed E-state index contributed by atoms with van der Waals surface area (Å²) in [7, 11) is 0. The fourth-order valence-electron chi connectivity index (χ4n) is 1.89. The van der Waals surface area contributed by atoms with Gasteiger partial charge < -0.3 is 10.5 Å². The highest BCUT2D eigenvalue weighted by Crippen LogP contribution is 2.34. The van der Waals surface area contributed by atoms with Crippen LogP contribution in [0.1, 0.15) is 13.8 Å². The standard InChI is InChI=1S/C15H17BrFN3O/c1-9(2)21-11-5-3-10(4-6-11)20(19)15-13(18)8-7-12(16)14(15)17/h3-9H,18-19H2,1-2H3. The molecule has 0 amide bonds. The maximum absolute atomic E-state index is 14.2. The number of hydrogen-bond donors (Lipinski definition) is 2. The predicted molar refractivity (Wildman–Crippen MR) is 87.0 cm³/mol. The Morgan fingerprint density at radius 3 is 2.33 bits per heavy atom. The van der Waals surface area contributed by atoms with Gasteiger partial charge in [0.15, 0.2) is 5.82 Å². The van der Waals surface area contributed by atoms with Crippen LogP contribution in [0.15, 0.2) is 40.9 Å². The second kappa shape index (κ2) is 6.32. The number of halogens is 2.